The van der Waals surface area contributed by atoms with Crippen LogP contribution in [0.4, 0.5) is 10.5 Å². The number of thiocarbonyl (C=S) groups is 1. The molecule has 0 aromatic heterocycles. The molecule has 0 spiro atoms. The van der Waals surface area contributed by atoms with Gasteiger partial charge in [-0.15, -0.1) is 0 Å². The van der Waals surface area contributed by atoms with Crippen LogP contribution in [0.15, 0.2) is 29.4 Å². The summed E-state index contributed by atoms with van der Waals surface area (Å²) >= 11 is 5.02. The Kier molecular flexibility index (Phi) is 3.88. The van der Waals surface area contributed by atoms with Gasteiger partial charge in [-0.25, -0.2) is 4.79 Å². The van der Waals surface area contributed by atoms with E-state index in [2.05, 4.69) is 21.2 Å². The zero-order chi connectivity index (χ0) is 13.0. The van der Waals surface area contributed by atoms with Gasteiger partial charge in [0, 0.05) is 19.2 Å². The Morgan fingerprint density at radius 3 is 2.61 bits per heavy atom. The van der Waals surface area contributed by atoms with Crippen LogP contribution in [0.5, 0.6) is 0 Å². The molecule has 6 heteroatoms. The molecule has 3 N–H and O–H groups in total. The third kappa shape index (κ3) is 3.04. The van der Waals surface area contributed by atoms with Crippen LogP contribution in [-0.4, -0.2) is 23.8 Å². The van der Waals surface area contributed by atoms with Gasteiger partial charge in [0.2, 0.25) is 0 Å². The minimum Gasteiger partial charge on any atom is -0.341 e. The molecule has 1 aliphatic heterocycles. The predicted octanol–water partition coefficient (Wildman–Crippen LogP) is 1.85. The highest BCUT2D eigenvalue weighted by molar-refractivity contribution is 7.80. The first-order chi connectivity index (χ1) is 8.69. The summed E-state index contributed by atoms with van der Waals surface area (Å²) in [6.45, 7) is 0. The number of benzene rings is 1. The molecule has 0 aliphatic carbocycles. The fraction of sp³-hybridized carbons (Fsp3) is 0.250. The number of anilines is 1. The zero-order valence-corrected chi connectivity index (χ0v) is 10.8. The molecule has 94 valence electrons. The number of nitrogens with zero attached hydrogens (tertiary/aromatic N) is 1. The van der Waals surface area contributed by atoms with E-state index >= 15 is 0 Å². The van der Waals surface area contributed by atoms with Gasteiger partial charge in [0.25, 0.3) is 0 Å². The lowest BCUT2D eigenvalue weighted by molar-refractivity contribution is 0.254. The largest absolute Gasteiger partial charge is 0.341 e. The molecule has 0 bridgehead atoms. The first kappa shape index (κ1) is 12.5. The second-order valence-electron chi connectivity index (χ2n) is 3.87. The highest BCUT2D eigenvalue weighted by Gasteiger charge is 2.10. The van der Waals surface area contributed by atoms with E-state index in [4.69, 9.17) is 12.2 Å². The van der Waals surface area contributed by atoms with Gasteiger partial charge in [0.1, 0.15) is 0 Å². The van der Waals surface area contributed by atoms with Gasteiger partial charge < -0.3 is 10.6 Å². The zero-order valence-electron chi connectivity index (χ0n) is 9.99. The van der Waals surface area contributed by atoms with Gasteiger partial charge in [0.05, 0.1) is 10.7 Å². The van der Waals surface area contributed by atoms with Crippen LogP contribution in [0.25, 0.3) is 0 Å². The molecule has 2 rings (SSSR count). The van der Waals surface area contributed by atoms with Crippen LogP contribution in [-0.2, 0) is 0 Å². The van der Waals surface area contributed by atoms with Crippen molar-refractivity contribution in [1.29, 1.82) is 0 Å². The summed E-state index contributed by atoms with van der Waals surface area (Å²) in [6, 6.07) is 7.32. The number of carbonyl (C=O) groups excluding carboxylic acids is 1. The number of rotatable bonds is 2. The van der Waals surface area contributed by atoms with Crippen molar-refractivity contribution in [3.8, 4) is 0 Å². The molecule has 0 saturated heterocycles. The lowest BCUT2D eigenvalue weighted by atomic mass is 10.0. The second-order valence-corrected chi connectivity index (χ2v) is 4.37. The van der Waals surface area contributed by atoms with Gasteiger partial charge in [-0.1, -0.05) is 24.4 Å². The summed E-state index contributed by atoms with van der Waals surface area (Å²) in [5.41, 5.74) is 5.59. The Morgan fingerprint density at radius 2 is 2.06 bits per heavy atom. The van der Waals surface area contributed by atoms with Crippen molar-refractivity contribution in [1.82, 2.24) is 10.7 Å². The van der Waals surface area contributed by atoms with E-state index in [1.807, 2.05) is 24.3 Å². The fourth-order valence-electron chi connectivity index (χ4n) is 1.62. The third-order valence-electron chi connectivity index (χ3n) is 2.61. The quantitative estimate of drug-likeness (QED) is 0.713. The Hall–Kier alpha value is -1.95. The van der Waals surface area contributed by atoms with E-state index < -0.39 is 0 Å². The monoisotopic (exact) mass is 262 g/mol. The maximum Gasteiger partial charge on any atom is 0.318 e. The van der Waals surface area contributed by atoms with Crippen molar-refractivity contribution in [3.05, 3.63) is 29.8 Å². The molecule has 1 aromatic carbocycles. The van der Waals surface area contributed by atoms with Crippen LogP contribution in [0.1, 0.15) is 18.4 Å². The first-order valence-corrected chi connectivity index (χ1v) is 6.04. The molecule has 0 atom stereocenters. The van der Waals surface area contributed by atoms with Crippen molar-refractivity contribution < 1.29 is 4.79 Å². The Bertz CT molecular complexity index is 495. The number of hydrogen-bond acceptors (Lipinski definition) is 3. The average molecular weight is 262 g/mol. The molecule has 5 nitrogen and oxygen atoms in total. The number of hydrazone groups is 1. The van der Waals surface area contributed by atoms with Gasteiger partial charge in [0.15, 0.2) is 0 Å². The molecule has 1 aliphatic rings. The lowest BCUT2D eigenvalue weighted by Crippen LogP contribution is -2.25. The van der Waals surface area contributed by atoms with Crippen LogP contribution >= 0.6 is 12.2 Å². The Balaban J connectivity index is 2.08. The number of nitrogens with one attached hydrogen (secondary N) is 3. The van der Waals surface area contributed by atoms with Gasteiger partial charge >= 0.3 is 6.03 Å². The average Bonchev–Trinajstić information content (AvgIpc) is 2.40. The maximum absolute atomic E-state index is 11.1. The van der Waals surface area contributed by atoms with Gasteiger partial charge in [-0.3, -0.25) is 5.43 Å². The van der Waals surface area contributed by atoms with Gasteiger partial charge in [-0.05, 0) is 24.1 Å². The van der Waals surface area contributed by atoms with Crippen LogP contribution in [0, 0.1) is 0 Å². The van der Waals surface area contributed by atoms with E-state index in [-0.39, 0.29) is 6.03 Å². The number of hydrogen-bond donors (Lipinski definition) is 3. The second kappa shape index (κ2) is 5.59. The van der Waals surface area contributed by atoms with Crippen molar-refractivity contribution in [2.45, 2.75) is 12.8 Å². The molecule has 0 saturated carbocycles. The van der Waals surface area contributed by atoms with E-state index in [9.17, 15) is 4.79 Å². The molecule has 18 heavy (non-hydrogen) atoms. The van der Waals surface area contributed by atoms with Crippen LogP contribution in [0.2, 0.25) is 0 Å². The van der Waals surface area contributed by atoms with E-state index in [0.29, 0.717) is 0 Å². The molecular weight excluding hydrogens is 248 g/mol. The highest BCUT2D eigenvalue weighted by Crippen LogP contribution is 2.14. The Morgan fingerprint density at radius 1 is 1.33 bits per heavy atom. The highest BCUT2D eigenvalue weighted by atomic mass is 32.1. The minimum atomic E-state index is -0.232. The smallest absolute Gasteiger partial charge is 0.318 e. The SMILES string of the molecule is CNC(=O)Nc1ccc(C2=NNC(=S)CC2)cc1. The minimum absolute atomic E-state index is 0.232. The molecule has 1 heterocycles. The third-order valence-corrected chi connectivity index (χ3v) is 2.90. The molecule has 0 fully saturated rings. The van der Waals surface area contributed by atoms with E-state index in [1.54, 1.807) is 7.05 Å². The lowest BCUT2D eigenvalue weighted by Gasteiger charge is -2.14. The summed E-state index contributed by atoms with van der Waals surface area (Å²) in [4.78, 5) is 11.9. The maximum atomic E-state index is 11.1. The summed E-state index contributed by atoms with van der Waals surface area (Å²) in [6.07, 6.45) is 1.67. The van der Waals surface area contributed by atoms with E-state index in [1.165, 1.54) is 0 Å². The molecular formula is C12H14N4OS. The molecule has 0 radical (unpaired) electrons. The molecule has 1 aromatic rings. The summed E-state index contributed by atoms with van der Waals surface area (Å²) in [5, 5.41) is 9.41. The first-order valence-electron chi connectivity index (χ1n) is 5.63. The number of carbonyl (C=O) groups is 1. The van der Waals surface area contributed by atoms with Crippen LogP contribution < -0.4 is 16.1 Å². The number of urea groups is 1. The summed E-state index contributed by atoms with van der Waals surface area (Å²) < 4.78 is 0. The predicted molar refractivity (Wildman–Crippen MR) is 76.0 cm³/mol. The summed E-state index contributed by atoms with van der Waals surface area (Å²) in [5.74, 6) is 0. The van der Waals surface area contributed by atoms with Crippen molar-refractivity contribution in [2.24, 2.45) is 5.10 Å². The van der Waals surface area contributed by atoms with Crippen molar-refractivity contribution in [2.75, 3.05) is 12.4 Å². The van der Waals surface area contributed by atoms with Gasteiger partial charge in [-0.2, -0.15) is 5.10 Å². The van der Waals surface area contributed by atoms with Crippen molar-refractivity contribution >= 4 is 34.6 Å². The van der Waals surface area contributed by atoms with E-state index in [0.717, 1.165) is 34.8 Å². The van der Waals surface area contributed by atoms with Crippen molar-refractivity contribution in [3.63, 3.8) is 0 Å². The normalized spacial score (nSPS) is 14.5. The standard InChI is InChI=1S/C12H14N4OS/c1-13-12(17)14-9-4-2-8(3-5-9)10-6-7-11(18)16-15-10/h2-5H,6-7H2,1H3,(H,16,18)(H2,13,14,17). The summed E-state index contributed by atoms with van der Waals surface area (Å²) in [7, 11) is 1.58. The fourth-order valence-corrected chi connectivity index (χ4v) is 1.77. The van der Waals surface area contributed by atoms with Crippen LogP contribution in [0.3, 0.4) is 0 Å². The topological polar surface area (TPSA) is 65.5 Å². The molecule has 0 unspecified atom stereocenters. The Labute approximate surface area is 111 Å². The molecule has 2 amide bonds. The number of amides is 2.